The molecule has 0 spiro atoms. The molecule has 3 rings (SSSR count). The number of anilines is 2. The van der Waals surface area contributed by atoms with E-state index in [1.54, 1.807) is 7.11 Å². The van der Waals surface area contributed by atoms with Gasteiger partial charge in [0.2, 0.25) is 5.91 Å². The second-order valence-electron chi connectivity index (χ2n) is 7.40. The third kappa shape index (κ3) is 5.22. The molecule has 1 N–H and O–H groups in total. The first-order valence-corrected chi connectivity index (χ1v) is 10.7. The van der Waals surface area contributed by atoms with E-state index in [0.717, 1.165) is 44.8 Å². The van der Waals surface area contributed by atoms with Crippen LogP contribution in [0.3, 0.4) is 0 Å². The van der Waals surface area contributed by atoms with Crippen LogP contribution in [-0.2, 0) is 17.6 Å². The van der Waals surface area contributed by atoms with Gasteiger partial charge in [-0.05, 0) is 48.2 Å². The smallest absolute Gasteiger partial charge is 0.224 e. The quantitative estimate of drug-likeness (QED) is 0.735. The van der Waals surface area contributed by atoms with Gasteiger partial charge in [0.1, 0.15) is 5.75 Å². The van der Waals surface area contributed by atoms with Crippen molar-refractivity contribution in [2.24, 2.45) is 0 Å². The summed E-state index contributed by atoms with van der Waals surface area (Å²) in [5, 5.41) is 3.53. The van der Waals surface area contributed by atoms with Gasteiger partial charge in [-0.1, -0.05) is 32.0 Å². The highest BCUT2D eigenvalue weighted by Crippen LogP contribution is 2.23. The Morgan fingerprint density at radius 1 is 0.966 bits per heavy atom. The molecule has 1 aliphatic heterocycles. The number of aryl methyl sites for hydroxylation is 2. The molecule has 0 aromatic heterocycles. The predicted octanol–water partition coefficient (Wildman–Crippen LogP) is 3.97. The normalized spacial score (nSPS) is 14.0. The molecule has 0 atom stereocenters. The Kier molecular flexibility index (Phi) is 7.39. The van der Waals surface area contributed by atoms with E-state index in [1.165, 1.54) is 22.5 Å². The van der Waals surface area contributed by atoms with Crippen molar-refractivity contribution in [2.45, 2.75) is 33.1 Å². The average Bonchev–Trinajstić information content (AvgIpc) is 2.79. The second kappa shape index (κ2) is 10.2. The molecule has 1 aliphatic rings. The summed E-state index contributed by atoms with van der Waals surface area (Å²) < 4.78 is 5.23. The Labute approximate surface area is 174 Å². The minimum absolute atomic E-state index is 0.235. The van der Waals surface area contributed by atoms with Gasteiger partial charge in [-0.3, -0.25) is 4.79 Å². The van der Waals surface area contributed by atoms with E-state index in [-0.39, 0.29) is 5.91 Å². The van der Waals surface area contributed by atoms with Gasteiger partial charge in [0.05, 0.1) is 7.11 Å². The van der Waals surface area contributed by atoms with E-state index in [4.69, 9.17) is 4.74 Å². The highest BCUT2D eigenvalue weighted by molar-refractivity contribution is 5.77. The van der Waals surface area contributed by atoms with Crippen LogP contribution in [0, 0.1) is 0 Å². The molecule has 2 aromatic rings. The zero-order valence-corrected chi connectivity index (χ0v) is 17.9. The van der Waals surface area contributed by atoms with Gasteiger partial charge < -0.3 is 19.9 Å². The van der Waals surface area contributed by atoms with E-state index in [9.17, 15) is 4.79 Å². The number of amides is 1. The summed E-state index contributed by atoms with van der Waals surface area (Å²) in [5.41, 5.74) is 5.05. The van der Waals surface area contributed by atoms with Crippen molar-refractivity contribution in [3.63, 3.8) is 0 Å². The van der Waals surface area contributed by atoms with Crippen molar-refractivity contribution in [3.8, 4) is 5.75 Å². The molecular weight excluding hydrogens is 362 g/mol. The SMILES string of the molecule is CCc1cccc(CC)c1NCCC(=O)N1CCN(c2ccc(OC)cc2)CC1. The van der Waals surface area contributed by atoms with Gasteiger partial charge in [-0.15, -0.1) is 0 Å². The van der Waals surface area contributed by atoms with E-state index < -0.39 is 0 Å². The number of piperazine rings is 1. The monoisotopic (exact) mass is 395 g/mol. The van der Waals surface area contributed by atoms with Gasteiger partial charge in [0, 0.05) is 50.5 Å². The number of hydrogen-bond donors (Lipinski definition) is 1. The number of carbonyl (C=O) groups is 1. The molecule has 1 heterocycles. The number of benzene rings is 2. The fraction of sp³-hybridized carbons (Fsp3) is 0.458. The van der Waals surface area contributed by atoms with Crippen LogP contribution >= 0.6 is 0 Å². The van der Waals surface area contributed by atoms with E-state index in [2.05, 4.69) is 54.4 Å². The molecular formula is C24H33N3O2. The summed E-state index contributed by atoms with van der Waals surface area (Å²) in [6, 6.07) is 14.6. The van der Waals surface area contributed by atoms with Crippen molar-refractivity contribution in [3.05, 3.63) is 53.6 Å². The first-order valence-electron chi connectivity index (χ1n) is 10.7. The standard InChI is InChI=1S/C24H33N3O2/c1-4-19-7-6-8-20(5-2)24(19)25-14-13-23(28)27-17-15-26(16-18-27)21-9-11-22(29-3)12-10-21/h6-12,25H,4-5,13-18H2,1-3H3. The number of rotatable bonds is 8. The average molecular weight is 396 g/mol. The van der Waals surface area contributed by atoms with E-state index >= 15 is 0 Å². The number of methoxy groups -OCH3 is 1. The minimum Gasteiger partial charge on any atom is -0.497 e. The zero-order valence-electron chi connectivity index (χ0n) is 17.9. The molecule has 29 heavy (non-hydrogen) atoms. The number of nitrogens with zero attached hydrogens (tertiary/aromatic N) is 2. The van der Waals surface area contributed by atoms with Crippen LogP contribution in [0.25, 0.3) is 0 Å². The van der Waals surface area contributed by atoms with Crippen LogP contribution < -0.4 is 15.0 Å². The Hall–Kier alpha value is -2.69. The fourth-order valence-electron chi connectivity index (χ4n) is 3.93. The topological polar surface area (TPSA) is 44.8 Å². The highest BCUT2D eigenvalue weighted by Gasteiger charge is 2.21. The molecule has 0 aliphatic carbocycles. The number of carbonyl (C=O) groups excluding carboxylic acids is 1. The van der Waals surface area contributed by atoms with E-state index in [0.29, 0.717) is 13.0 Å². The Balaban J connectivity index is 1.48. The summed E-state index contributed by atoms with van der Waals surface area (Å²) in [5.74, 6) is 1.10. The Morgan fingerprint density at radius 3 is 2.14 bits per heavy atom. The summed E-state index contributed by atoms with van der Waals surface area (Å²) in [6.07, 6.45) is 2.53. The lowest BCUT2D eigenvalue weighted by molar-refractivity contribution is -0.131. The first-order chi connectivity index (χ1) is 14.2. The summed E-state index contributed by atoms with van der Waals surface area (Å²) >= 11 is 0. The lowest BCUT2D eigenvalue weighted by atomic mass is 10.0. The van der Waals surface area contributed by atoms with Crippen molar-refractivity contribution in [1.82, 2.24) is 4.90 Å². The van der Waals surface area contributed by atoms with Gasteiger partial charge in [0.25, 0.3) is 0 Å². The van der Waals surface area contributed by atoms with Crippen LogP contribution in [0.1, 0.15) is 31.4 Å². The maximum atomic E-state index is 12.7. The summed E-state index contributed by atoms with van der Waals surface area (Å²) in [6.45, 7) is 8.31. The minimum atomic E-state index is 0.235. The maximum Gasteiger partial charge on any atom is 0.224 e. The summed E-state index contributed by atoms with van der Waals surface area (Å²) in [4.78, 5) is 17.0. The molecule has 5 heteroatoms. The lowest BCUT2D eigenvalue weighted by Crippen LogP contribution is -2.49. The van der Waals surface area contributed by atoms with Crippen molar-refractivity contribution >= 4 is 17.3 Å². The van der Waals surface area contributed by atoms with E-state index in [1.807, 2.05) is 17.0 Å². The molecule has 0 saturated carbocycles. The molecule has 1 saturated heterocycles. The molecule has 1 amide bonds. The van der Waals surface area contributed by atoms with Gasteiger partial charge >= 0.3 is 0 Å². The molecule has 2 aromatic carbocycles. The summed E-state index contributed by atoms with van der Waals surface area (Å²) in [7, 11) is 1.68. The molecule has 0 radical (unpaired) electrons. The fourth-order valence-corrected chi connectivity index (χ4v) is 3.93. The Morgan fingerprint density at radius 2 is 1.59 bits per heavy atom. The molecule has 1 fully saturated rings. The number of hydrogen-bond acceptors (Lipinski definition) is 4. The maximum absolute atomic E-state index is 12.7. The van der Waals surface area contributed by atoms with Gasteiger partial charge in [-0.25, -0.2) is 0 Å². The van der Waals surface area contributed by atoms with Crippen LogP contribution in [0.15, 0.2) is 42.5 Å². The molecule has 0 unspecified atom stereocenters. The van der Waals surface area contributed by atoms with Crippen LogP contribution in [0.2, 0.25) is 0 Å². The molecule has 5 nitrogen and oxygen atoms in total. The molecule has 156 valence electrons. The lowest BCUT2D eigenvalue weighted by Gasteiger charge is -2.36. The van der Waals surface area contributed by atoms with Crippen molar-refractivity contribution < 1.29 is 9.53 Å². The van der Waals surface area contributed by atoms with Gasteiger partial charge in [0.15, 0.2) is 0 Å². The first kappa shape index (κ1) is 21.0. The van der Waals surface area contributed by atoms with Gasteiger partial charge in [-0.2, -0.15) is 0 Å². The predicted molar refractivity (Wildman–Crippen MR) is 120 cm³/mol. The second-order valence-corrected chi connectivity index (χ2v) is 7.40. The number of para-hydroxylation sites is 1. The third-order valence-corrected chi connectivity index (χ3v) is 5.71. The largest absolute Gasteiger partial charge is 0.497 e. The number of ether oxygens (including phenoxy) is 1. The van der Waals surface area contributed by atoms with Crippen molar-refractivity contribution in [1.29, 1.82) is 0 Å². The third-order valence-electron chi connectivity index (χ3n) is 5.71. The zero-order chi connectivity index (χ0) is 20.6. The van der Waals surface area contributed by atoms with Crippen LogP contribution in [-0.4, -0.2) is 50.6 Å². The number of nitrogens with one attached hydrogen (secondary N) is 1. The van der Waals surface area contributed by atoms with Crippen LogP contribution in [0.4, 0.5) is 11.4 Å². The Bertz CT molecular complexity index is 774. The van der Waals surface area contributed by atoms with Crippen molar-refractivity contribution in [2.75, 3.05) is 50.1 Å². The van der Waals surface area contributed by atoms with Crippen LogP contribution in [0.5, 0.6) is 5.75 Å². The highest BCUT2D eigenvalue weighted by atomic mass is 16.5. The molecule has 0 bridgehead atoms.